The van der Waals surface area contributed by atoms with E-state index in [0.29, 0.717) is 19.3 Å². The third kappa shape index (κ3) is 24.4. The summed E-state index contributed by atoms with van der Waals surface area (Å²) in [6.07, 6.45) is 24.3. The fourth-order valence-electron chi connectivity index (χ4n) is 4.47. The molecule has 0 aliphatic carbocycles. The van der Waals surface area contributed by atoms with Gasteiger partial charge in [-0.1, -0.05) is 83.1 Å². The summed E-state index contributed by atoms with van der Waals surface area (Å²) in [5.74, 6) is -1.52. The topological polar surface area (TPSA) is 99.1 Å². The van der Waals surface area contributed by atoms with Crippen LogP contribution >= 0.6 is 0 Å². The van der Waals surface area contributed by atoms with Crippen LogP contribution in [0.25, 0.3) is 0 Å². The van der Waals surface area contributed by atoms with Crippen molar-refractivity contribution in [3.05, 3.63) is 24.3 Å². The zero-order chi connectivity index (χ0) is 31.5. The molecule has 8 heteroatoms. The van der Waals surface area contributed by atoms with Gasteiger partial charge in [0.1, 0.15) is 6.61 Å². The lowest BCUT2D eigenvalue weighted by Gasteiger charge is -2.31. The Balaban J connectivity index is 4.34. The summed E-state index contributed by atoms with van der Waals surface area (Å²) < 4.78 is 16.9. The molecule has 42 heavy (non-hydrogen) atoms. The fourth-order valence-corrected chi connectivity index (χ4v) is 4.47. The molecule has 2 atom stereocenters. The minimum absolute atomic E-state index is 0.0552. The molecule has 0 radical (unpaired) electrons. The van der Waals surface area contributed by atoms with Crippen molar-refractivity contribution >= 4 is 17.9 Å². The molecule has 244 valence electrons. The Morgan fingerprint density at radius 1 is 0.714 bits per heavy atom. The highest BCUT2D eigenvalue weighted by Crippen LogP contribution is 2.12. The van der Waals surface area contributed by atoms with Gasteiger partial charge in [-0.3, -0.25) is 9.59 Å². The molecular weight excluding hydrogens is 534 g/mol. The Hall–Kier alpha value is -2.19. The van der Waals surface area contributed by atoms with Gasteiger partial charge in [-0.2, -0.15) is 0 Å². The highest BCUT2D eigenvalue weighted by atomic mass is 16.6. The number of allylic oxidation sites excluding steroid dienone is 4. The smallest absolute Gasteiger partial charge is 0.362 e. The zero-order valence-corrected chi connectivity index (χ0v) is 27.5. The molecule has 0 aromatic rings. The number of hydrogen-bond acceptors (Lipinski definition) is 6. The number of carbonyl (C=O) groups excluding carboxylic acids is 2. The lowest BCUT2D eigenvalue weighted by Crippen LogP contribution is -2.50. The van der Waals surface area contributed by atoms with Gasteiger partial charge in [-0.15, -0.1) is 0 Å². The summed E-state index contributed by atoms with van der Waals surface area (Å²) in [6.45, 7) is 4.50. The van der Waals surface area contributed by atoms with Crippen molar-refractivity contribution in [2.75, 3.05) is 41.0 Å². The van der Waals surface area contributed by atoms with Gasteiger partial charge < -0.3 is 23.8 Å². The lowest BCUT2D eigenvalue weighted by atomic mass is 10.1. The van der Waals surface area contributed by atoms with Crippen LogP contribution in [-0.4, -0.2) is 80.6 Å². The van der Waals surface area contributed by atoms with Crippen molar-refractivity contribution in [2.24, 2.45) is 0 Å². The van der Waals surface area contributed by atoms with Crippen LogP contribution in [0.1, 0.15) is 123 Å². The predicted octanol–water partition coefficient (Wildman–Crippen LogP) is 7.40. The molecule has 0 aromatic heterocycles. The summed E-state index contributed by atoms with van der Waals surface area (Å²) in [5.41, 5.74) is 0. The molecule has 2 unspecified atom stereocenters. The molecule has 8 nitrogen and oxygen atoms in total. The van der Waals surface area contributed by atoms with E-state index in [1.807, 2.05) is 21.1 Å². The van der Waals surface area contributed by atoms with Gasteiger partial charge in [0.05, 0.1) is 34.4 Å². The number of nitrogens with zero attached hydrogens (tertiary/aromatic N) is 1. The van der Waals surface area contributed by atoms with E-state index in [2.05, 4.69) is 38.2 Å². The van der Waals surface area contributed by atoms with Crippen LogP contribution in [0, 0.1) is 0 Å². The van der Waals surface area contributed by atoms with Gasteiger partial charge in [0.25, 0.3) is 0 Å². The van der Waals surface area contributed by atoms with Crippen LogP contribution in [0.5, 0.6) is 0 Å². The Labute approximate surface area is 256 Å². The van der Waals surface area contributed by atoms with Crippen LogP contribution in [0.4, 0.5) is 0 Å². The Kier molecular flexibility index (Phi) is 25.1. The number of hydrogen-bond donors (Lipinski definition) is 1. The van der Waals surface area contributed by atoms with E-state index in [1.165, 1.54) is 25.7 Å². The minimum Gasteiger partial charge on any atom is -0.477 e. The Bertz CT molecular complexity index is 757. The van der Waals surface area contributed by atoms with E-state index in [4.69, 9.17) is 14.2 Å². The summed E-state index contributed by atoms with van der Waals surface area (Å²) in [6, 6.07) is -0.610. The molecule has 0 aliphatic rings. The molecule has 0 aliphatic heterocycles. The van der Waals surface area contributed by atoms with Crippen molar-refractivity contribution in [1.29, 1.82) is 0 Å². The Morgan fingerprint density at radius 3 is 1.88 bits per heavy atom. The minimum atomic E-state index is -0.882. The Morgan fingerprint density at radius 2 is 1.26 bits per heavy atom. The van der Waals surface area contributed by atoms with Gasteiger partial charge in [-0.25, -0.2) is 4.79 Å². The summed E-state index contributed by atoms with van der Waals surface area (Å²) in [4.78, 5) is 36.1. The van der Waals surface area contributed by atoms with Crippen LogP contribution in [0.15, 0.2) is 24.3 Å². The standard InChI is InChI=1S/C34H61NO7/c1-6-8-10-11-12-13-14-15-16-17-18-19-20-21-23-25-33(37)42-30(29-41-32(36)24-22-9-7-2)28-40-27-26-31(34(38)39)35(3,4)5/h12-13,15-16,30-31H,6-11,14,17-29H2,1-5H3/p+1/b13-12-,16-15-. The van der Waals surface area contributed by atoms with Crippen LogP contribution in [0.2, 0.25) is 0 Å². The van der Waals surface area contributed by atoms with Gasteiger partial charge in [0.15, 0.2) is 12.1 Å². The first kappa shape index (κ1) is 39.8. The average molecular weight is 597 g/mol. The maximum absolute atomic E-state index is 12.5. The summed E-state index contributed by atoms with van der Waals surface area (Å²) in [7, 11) is 5.48. The molecule has 0 aromatic carbocycles. The molecule has 0 spiro atoms. The maximum atomic E-state index is 12.5. The van der Waals surface area contributed by atoms with Crippen LogP contribution in [0.3, 0.4) is 0 Å². The number of esters is 2. The summed E-state index contributed by atoms with van der Waals surface area (Å²) >= 11 is 0. The highest BCUT2D eigenvalue weighted by Gasteiger charge is 2.31. The first-order valence-corrected chi connectivity index (χ1v) is 16.4. The van der Waals surface area contributed by atoms with Crippen molar-refractivity contribution in [2.45, 2.75) is 135 Å². The lowest BCUT2D eigenvalue weighted by molar-refractivity contribution is -0.887. The van der Waals surface area contributed by atoms with Crippen molar-refractivity contribution in [3.63, 3.8) is 0 Å². The number of carboxylic acids is 1. The van der Waals surface area contributed by atoms with E-state index in [9.17, 15) is 19.5 Å². The third-order valence-corrected chi connectivity index (χ3v) is 7.10. The average Bonchev–Trinajstić information content (AvgIpc) is 2.92. The number of ether oxygens (including phenoxy) is 3. The number of aliphatic carboxylic acids is 1. The van der Waals surface area contributed by atoms with Gasteiger partial charge in [-0.05, 0) is 44.9 Å². The number of likely N-dealkylation sites (N-methyl/N-ethyl adjacent to an activating group) is 1. The highest BCUT2D eigenvalue weighted by molar-refractivity contribution is 5.72. The number of unbranched alkanes of at least 4 members (excludes halogenated alkanes) is 10. The van der Waals surface area contributed by atoms with Crippen LogP contribution < -0.4 is 0 Å². The van der Waals surface area contributed by atoms with E-state index in [-0.39, 0.29) is 36.2 Å². The zero-order valence-electron chi connectivity index (χ0n) is 27.5. The monoisotopic (exact) mass is 596 g/mol. The van der Waals surface area contributed by atoms with E-state index >= 15 is 0 Å². The first-order chi connectivity index (χ1) is 20.1. The second-order valence-electron chi connectivity index (χ2n) is 12.1. The number of rotatable bonds is 28. The van der Waals surface area contributed by atoms with Gasteiger partial charge >= 0.3 is 17.9 Å². The molecule has 0 saturated carbocycles. The molecule has 1 N–H and O–H groups in total. The van der Waals surface area contributed by atoms with Crippen molar-refractivity contribution < 1.29 is 38.2 Å². The molecule has 0 rings (SSSR count). The largest absolute Gasteiger partial charge is 0.477 e. The molecule has 0 heterocycles. The van der Waals surface area contributed by atoms with E-state index in [1.54, 1.807) is 0 Å². The third-order valence-electron chi connectivity index (χ3n) is 7.10. The maximum Gasteiger partial charge on any atom is 0.362 e. The van der Waals surface area contributed by atoms with Crippen molar-refractivity contribution in [1.82, 2.24) is 0 Å². The molecule has 0 saturated heterocycles. The second kappa shape index (κ2) is 26.4. The number of quaternary nitrogens is 1. The van der Waals surface area contributed by atoms with Crippen LogP contribution in [-0.2, 0) is 28.6 Å². The molecule has 0 bridgehead atoms. The SMILES string of the molecule is CCCCC/C=C\C/C=C\CCCCCCCC(=O)OC(COCCC(C(=O)O)[N+](C)(C)C)COC(=O)CCCCC. The fraction of sp³-hybridized carbons (Fsp3) is 0.794. The molecular formula is C34H62NO7+. The molecule has 0 amide bonds. The quantitative estimate of drug-likeness (QED) is 0.0435. The van der Waals surface area contributed by atoms with Crippen molar-refractivity contribution in [3.8, 4) is 0 Å². The first-order valence-electron chi connectivity index (χ1n) is 16.4. The number of carboxylic acid groups (broad SMARTS) is 1. The normalized spacial score (nSPS) is 13.5. The van der Waals surface area contributed by atoms with E-state index < -0.39 is 18.1 Å². The second-order valence-corrected chi connectivity index (χ2v) is 12.1. The predicted molar refractivity (Wildman–Crippen MR) is 169 cm³/mol. The van der Waals surface area contributed by atoms with Gasteiger partial charge in [0.2, 0.25) is 0 Å². The van der Waals surface area contributed by atoms with E-state index in [0.717, 1.165) is 64.2 Å². The summed E-state index contributed by atoms with van der Waals surface area (Å²) in [5, 5.41) is 9.50. The van der Waals surface area contributed by atoms with Gasteiger partial charge in [0, 0.05) is 19.3 Å². The molecule has 0 fully saturated rings. The number of carbonyl (C=O) groups is 3.